The lowest BCUT2D eigenvalue weighted by Crippen LogP contribution is -2.30. The first-order chi connectivity index (χ1) is 41.0. The number of ether oxygens (including phenoxy) is 3. The maximum absolute atomic E-state index is 13.0. The molecule has 0 bridgehead atoms. The predicted molar refractivity (Wildman–Crippen MR) is 362 cm³/mol. The lowest BCUT2D eigenvalue weighted by Gasteiger charge is -2.18. The van der Waals surface area contributed by atoms with Gasteiger partial charge in [-0.15, -0.1) is 0 Å². The first-order valence-electron chi connectivity index (χ1n) is 35.4. The van der Waals surface area contributed by atoms with Crippen LogP contribution in [0.2, 0.25) is 0 Å². The highest BCUT2D eigenvalue weighted by molar-refractivity contribution is 5.71. The van der Waals surface area contributed by atoms with Gasteiger partial charge in [0.25, 0.3) is 0 Å². The molecular formula is C77H132O6. The van der Waals surface area contributed by atoms with Crippen molar-refractivity contribution in [2.45, 2.75) is 348 Å². The van der Waals surface area contributed by atoms with Crippen molar-refractivity contribution in [1.82, 2.24) is 0 Å². The van der Waals surface area contributed by atoms with Crippen LogP contribution < -0.4 is 0 Å². The lowest BCUT2D eigenvalue weighted by atomic mass is 10.0. The third kappa shape index (κ3) is 68.7. The monoisotopic (exact) mass is 1150 g/mol. The van der Waals surface area contributed by atoms with Crippen molar-refractivity contribution < 1.29 is 28.6 Å². The summed E-state index contributed by atoms with van der Waals surface area (Å²) < 4.78 is 17.0. The molecule has 6 heteroatoms. The summed E-state index contributed by atoms with van der Waals surface area (Å²) in [5, 5.41) is 0. The number of carbonyl (C=O) groups is 3. The number of esters is 3. The number of unbranched alkanes of at least 4 members (excludes halogenated alkanes) is 35. The van der Waals surface area contributed by atoms with Crippen LogP contribution in [0.4, 0.5) is 0 Å². The molecule has 0 spiro atoms. The average Bonchev–Trinajstić information content (AvgIpc) is 3.50. The lowest BCUT2D eigenvalue weighted by molar-refractivity contribution is -0.167. The van der Waals surface area contributed by atoms with Gasteiger partial charge >= 0.3 is 17.9 Å². The van der Waals surface area contributed by atoms with Gasteiger partial charge in [0.1, 0.15) is 13.2 Å². The van der Waals surface area contributed by atoms with E-state index < -0.39 is 6.10 Å². The molecule has 0 aliphatic carbocycles. The molecule has 0 fully saturated rings. The topological polar surface area (TPSA) is 78.9 Å². The van der Waals surface area contributed by atoms with Crippen LogP contribution in [0.15, 0.2) is 109 Å². The van der Waals surface area contributed by atoms with Gasteiger partial charge in [0, 0.05) is 19.3 Å². The van der Waals surface area contributed by atoms with Crippen molar-refractivity contribution in [3.63, 3.8) is 0 Å². The minimum absolute atomic E-state index is 0.0807. The molecule has 476 valence electrons. The summed E-state index contributed by atoms with van der Waals surface area (Å²) in [5.41, 5.74) is 0. The zero-order valence-corrected chi connectivity index (χ0v) is 54.7. The van der Waals surface area contributed by atoms with Gasteiger partial charge in [0.15, 0.2) is 6.10 Å². The molecule has 6 nitrogen and oxygen atoms in total. The molecule has 0 aromatic heterocycles. The Morgan fingerprint density at radius 2 is 0.470 bits per heavy atom. The van der Waals surface area contributed by atoms with E-state index in [0.717, 1.165) is 128 Å². The Morgan fingerprint density at radius 3 is 0.735 bits per heavy atom. The van der Waals surface area contributed by atoms with Gasteiger partial charge in [0.05, 0.1) is 0 Å². The Kier molecular flexibility index (Phi) is 67.2. The fourth-order valence-corrected chi connectivity index (χ4v) is 10.1. The van der Waals surface area contributed by atoms with Crippen LogP contribution in [0, 0.1) is 0 Å². The zero-order chi connectivity index (χ0) is 59.9. The smallest absolute Gasteiger partial charge is 0.306 e. The highest BCUT2D eigenvalue weighted by Crippen LogP contribution is 2.17. The molecule has 1 unspecified atom stereocenters. The van der Waals surface area contributed by atoms with Crippen LogP contribution >= 0.6 is 0 Å². The normalized spacial score (nSPS) is 12.8. The van der Waals surface area contributed by atoms with E-state index in [4.69, 9.17) is 14.2 Å². The number of rotatable bonds is 64. The first kappa shape index (κ1) is 79.1. The number of hydrogen-bond acceptors (Lipinski definition) is 6. The second-order valence-electron chi connectivity index (χ2n) is 23.4. The maximum atomic E-state index is 13.0. The highest BCUT2D eigenvalue weighted by atomic mass is 16.6. The van der Waals surface area contributed by atoms with Gasteiger partial charge in [-0.05, 0) is 103 Å². The molecule has 0 saturated carbocycles. The Labute approximate surface area is 514 Å². The molecule has 0 aliphatic heterocycles. The van der Waals surface area contributed by atoms with Gasteiger partial charge in [-0.25, -0.2) is 0 Å². The van der Waals surface area contributed by atoms with E-state index in [1.54, 1.807) is 0 Å². The Balaban J connectivity index is 4.39. The van der Waals surface area contributed by atoms with Crippen molar-refractivity contribution in [1.29, 1.82) is 0 Å². The summed E-state index contributed by atoms with van der Waals surface area (Å²) >= 11 is 0. The zero-order valence-electron chi connectivity index (χ0n) is 54.7. The summed E-state index contributed by atoms with van der Waals surface area (Å²) in [7, 11) is 0. The molecule has 0 rings (SSSR count). The minimum atomic E-state index is -0.788. The van der Waals surface area contributed by atoms with Gasteiger partial charge in [-0.1, -0.05) is 329 Å². The summed E-state index contributed by atoms with van der Waals surface area (Å²) in [6.07, 6.45) is 96.7. The molecule has 0 amide bonds. The molecule has 0 radical (unpaired) electrons. The molecule has 0 N–H and O–H groups in total. The van der Waals surface area contributed by atoms with Crippen LogP contribution in [0.1, 0.15) is 342 Å². The van der Waals surface area contributed by atoms with Crippen LogP contribution in [0.5, 0.6) is 0 Å². The van der Waals surface area contributed by atoms with E-state index in [1.165, 1.54) is 173 Å². The summed E-state index contributed by atoms with van der Waals surface area (Å²) in [4.78, 5) is 38.5. The van der Waals surface area contributed by atoms with E-state index in [2.05, 4.69) is 130 Å². The fraction of sp³-hybridized carbons (Fsp3) is 0.727. The molecule has 0 heterocycles. The van der Waals surface area contributed by atoms with E-state index >= 15 is 0 Å². The van der Waals surface area contributed by atoms with E-state index in [0.29, 0.717) is 19.3 Å². The molecule has 1 atom stereocenters. The second-order valence-corrected chi connectivity index (χ2v) is 23.4. The highest BCUT2D eigenvalue weighted by Gasteiger charge is 2.19. The quantitative estimate of drug-likeness (QED) is 0.0261. The van der Waals surface area contributed by atoms with E-state index in [9.17, 15) is 14.4 Å². The average molecular weight is 1150 g/mol. The molecule has 0 aliphatic rings. The molecule has 0 aromatic carbocycles. The van der Waals surface area contributed by atoms with E-state index in [-0.39, 0.29) is 31.1 Å². The van der Waals surface area contributed by atoms with Crippen LogP contribution in [-0.2, 0) is 28.6 Å². The third-order valence-corrected chi connectivity index (χ3v) is 15.3. The first-order valence-corrected chi connectivity index (χ1v) is 35.4. The molecule has 0 aromatic rings. The second kappa shape index (κ2) is 70.6. The van der Waals surface area contributed by atoms with Crippen molar-refractivity contribution in [3.05, 3.63) is 109 Å². The fourth-order valence-electron chi connectivity index (χ4n) is 10.1. The van der Waals surface area contributed by atoms with Crippen molar-refractivity contribution in [2.24, 2.45) is 0 Å². The van der Waals surface area contributed by atoms with Crippen molar-refractivity contribution >= 4 is 17.9 Å². The minimum Gasteiger partial charge on any atom is -0.462 e. The van der Waals surface area contributed by atoms with Crippen LogP contribution in [0.3, 0.4) is 0 Å². The summed E-state index contributed by atoms with van der Waals surface area (Å²) in [5.74, 6) is -0.879. The van der Waals surface area contributed by atoms with Gasteiger partial charge in [-0.2, -0.15) is 0 Å². The largest absolute Gasteiger partial charge is 0.462 e. The standard InChI is InChI=1S/C77H132O6/c1-4-7-10-13-16-19-22-25-28-31-34-36-37-38-39-41-43-46-49-52-55-58-61-64-67-70-76(79)82-73-74(72-81-75(78)69-66-63-60-57-54-51-48-45-42-33-30-27-24-21-18-15-12-9-6-3)83-77(80)71-68-65-62-59-56-53-50-47-44-40-35-32-29-26-23-20-17-14-11-8-5-2/h7-8,10-11,16-17,19-20,25-26,28-29,34-36,38-40,74H,4-6,9,12-15,18,21-24,27,30-33,37,41-73H2,1-3H3/b10-7-,11-8-,19-16-,20-17-,28-25-,29-26-,36-34-,39-38-,40-35-. The molecule has 0 saturated heterocycles. The van der Waals surface area contributed by atoms with Crippen LogP contribution in [0.25, 0.3) is 0 Å². The van der Waals surface area contributed by atoms with Crippen molar-refractivity contribution in [2.75, 3.05) is 13.2 Å². The molecular weight excluding hydrogens is 1020 g/mol. The molecule has 83 heavy (non-hydrogen) atoms. The number of carbonyl (C=O) groups excluding carboxylic acids is 3. The van der Waals surface area contributed by atoms with Gasteiger partial charge in [0.2, 0.25) is 0 Å². The number of allylic oxidation sites excluding steroid dienone is 18. The Morgan fingerprint density at radius 1 is 0.253 bits per heavy atom. The van der Waals surface area contributed by atoms with Crippen molar-refractivity contribution in [3.8, 4) is 0 Å². The van der Waals surface area contributed by atoms with E-state index in [1.807, 2.05) is 0 Å². The Hall–Kier alpha value is -3.93. The summed E-state index contributed by atoms with van der Waals surface area (Å²) in [6.45, 7) is 6.45. The number of hydrogen-bond donors (Lipinski definition) is 0. The third-order valence-electron chi connectivity index (χ3n) is 15.3. The van der Waals surface area contributed by atoms with Crippen LogP contribution in [-0.4, -0.2) is 37.2 Å². The predicted octanol–water partition coefficient (Wildman–Crippen LogP) is 24.6. The Bertz CT molecular complexity index is 1660. The SMILES string of the molecule is CC/C=C\C/C=C\C/C=C\C/C=C\C/C=C\CCCCCCCCCCCC(=O)OCC(COC(=O)CCCCCCCCCCCCCCCCCCCCC)OC(=O)CCCCCCCCCC/C=C\C/C=C\C/C=C\C/C=C\CC. The van der Waals surface area contributed by atoms with Gasteiger partial charge < -0.3 is 14.2 Å². The maximum Gasteiger partial charge on any atom is 0.306 e. The van der Waals surface area contributed by atoms with Gasteiger partial charge in [-0.3, -0.25) is 14.4 Å². The summed E-state index contributed by atoms with van der Waals surface area (Å²) in [6, 6.07) is 0.